The van der Waals surface area contributed by atoms with Crippen LogP contribution < -0.4 is 10.6 Å². The minimum Gasteiger partial charge on any atom is -0.357 e. The minimum atomic E-state index is 0. The molecular weight excluding hydrogens is 439 g/mol. The molecule has 0 spiro atoms. The summed E-state index contributed by atoms with van der Waals surface area (Å²) >= 11 is 0. The van der Waals surface area contributed by atoms with Gasteiger partial charge in [-0.05, 0) is 38.2 Å². The highest BCUT2D eigenvalue weighted by atomic mass is 127. The monoisotopic (exact) mass is 472 g/mol. The number of guanidine groups is 1. The van der Waals surface area contributed by atoms with E-state index in [9.17, 15) is 4.79 Å². The fourth-order valence-electron chi connectivity index (χ4n) is 3.19. The number of hydrogen-bond acceptors (Lipinski definition) is 2. The van der Waals surface area contributed by atoms with Crippen LogP contribution in [0.2, 0.25) is 0 Å². The van der Waals surface area contributed by atoms with E-state index in [1.807, 2.05) is 30.0 Å². The lowest BCUT2D eigenvalue weighted by molar-refractivity contribution is -0.132. The van der Waals surface area contributed by atoms with Gasteiger partial charge in [-0.3, -0.25) is 9.79 Å². The number of halogens is 1. The Labute approximate surface area is 175 Å². The number of hydrogen-bond donors (Lipinski definition) is 2. The van der Waals surface area contributed by atoms with E-state index >= 15 is 0 Å². The second kappa shape index (κ2) is 12.1. The van der Waals surface area contributed by atoms with Gasteiger partial charge >= 0.3 is 0 Å². The molecule has 1 aliphatic rings. The van der Waals surface area contributed by atoms with Crippen molar-refractivity contribution in [2.24, 2.45) is 10.9 Å². The molecule has 1 saturated heterocycles. The SMILES string of the molecule is CCNC(=NCCC(=O)N1CCCC(C)C1)NC(C)c1ccccc1.I. The molecule has 2 rings (SSSR count). The summed E-state index contributed by atoms with van der Waals surface area (Å²) in [5, 5.41) is 6.67. The molecule has 2 N–H and O–H groups in total. The molecule has 146 valence electrons. The smallest absolute Gasteiger partial charge is 0.224 e. The molecule has 0 bridgehead atoms. The second-order valence-corrected chi connectivity index (χ2v) is 6.87. The number of rotatable bonds is 6. The Morgan fingerprint density at radius 2 is 2.08 bits per heavy atom. The van der Waals surface area contributed by atoms with E-state index in [0.717, 1.165) is 32.0 Å². The molecule has 6 heteroatoms. The van der Waals surface area contributed by atoms with Crippen LogP contribution >= 0.6 is 24.0 Å². The maximum absolute atomic E-state index is 12.3. The van der Waals surface area contributed by atoms with Gasteiger partial charge in [-0.2, -0.15) is 0 Å². The van der Waals surface area contributed by atoms with Crippen LogP contribution in [0, 0.1) is 5.92 Å². The quantitative estimate of drug-likeness (QED) is 0.378. The first-order valence-electron chi connectivity index (χ1n) is 9.47. The standard InChI is InChI=1S/C20H32N4O.HI/c1-4-21-20(23-17(3)18-10-6-5-7-11-18)22-13-12-19(25)24-14-8-9-16(2)15-24;/h5-7,10-11,16-17H,4,8-9,12-15H2,1-3H3,(H2,21,22,23);1H. The second-order valence-electron chi connectivity index (χ2n) is 6.87. The fourth-order valence-corrected chi connectivity index (χ4v) is 3.19. The molecule has 1 aliphatic heterocycles. The van der Waals surface area contributed by atoms with Gasteiger partial charge in [0.25, 0.3) is 0 Å². The zero-order chi connectivity index (χ0) is 18.1. The highest BCUT2D eigenvalue weighted by Gasteiger charge is 2.20. The number of aliphatic imine (C=N–C) groups is 1. The Balaban J connectivity index is 0.00000338. The first kappa shape index (κ1) is 22.7. The lowest BCUT2D eigenvalue weighted by Crippen LogP contribution is -2.40. The van der Waals surface area contributed by atoms with Crippen LogP contribution in [0.3, 0.4) is 0 Å². The van der Waals surface area contributed by atoms with E-state index in [1.165, 1.54) is 12.0 Å². The third-order valence-corrected chi connectivity index (χ3v) is 4.60. The molecule has 0 radical (unpaired) electrons. The lowest BCUT2D eigenvalue weighted by Gasteiger charge is -2.30. The van der Waals surface area contributed by atoms with Crippen molar-refractivity contribution in [3.05, 3.63) is 35.9 Å². The van der Waals surface area contributed by atoms with E-state index in [-0.39, 0.29) is 35.9 Å². The molecular formula is C20H33IN4O. The molecule has 2 atom stereocenters. The van der Waals surface area contributed by atoms with Crippen molar-refractivity contribution in [3.8, 4) is 0 Å². The Kier molecular flexibility index (Phi) is 10.6. The first-order chi connectivity index (χ1) is 12.1. The van der Waals surface area contributed by atoms with Crippen LogP contribution in [0.15, 0.2) is 35.3 Å². The Hall–Kier alpha value is -1.31. The number of benzene rings is 1. The Morgan fingerprint density at radius 3 is 2.73 bits per heavy atom. The molecule has 5 nitrogen and oxygen atoms in total. The highest BCUT2D eigenvalue weighted by Crippen LogP contribution is 2.16. The molecule has 1 amide bonds. The number of carbonyl (C=O) groups is 1. The van der Waals surface area contributed by atoms with E-state index in [1.54, 1.807) is 0 Å². The first-order valence-corrected chi connectivity index (χ1v) is 9.47. The van der Waals surface area contributed by atoms with Crippen molar-refractivity contribution < 1.29 is 4.79 Å². The summed E-state index contributed by atoms with van der Waals surface area (Å²) in [6, 6.07) is 10.5. The third-order valence-electron chi connectivity index (χ3n) is 4.60. The van der Waals surface area contributed by atoms with E-state index in [0.29, 0.717) is 18.9 Å². The van der Waals surface area contributed by atoms with Crippen molar-refractivity contribution in [3.63, 3.8) is 0 Å². The fraction of sp³-hybridized carbons (Fsp3) is 0.600. The maximum Gasteiger partial charge on any atom is 0.224 e. The van der Waals surface area contributed by atoms with Gasteiger partial charge in [-0.1, -0.05) is 37.3 Å². The van der Waals surface area contributed by atoms with Crippen molar-refractivity contribution in [2.45, 2.75) is 46.1 Å². The van der Waals surface area contributed by atoms with Crippen molar-refractivity contribution >= 4 is 35.8 Å². The van der Waals surface area contributed by atoms with Gasteiger partial charge in [0.2, 0.25) is 5.91 Å². The number of carbonyl (C=O) groups excluding carboxylic acids is 1. The Bertz CT molecular complexity index is 564. The highest BCUT2D eigenvalue weighted by molar-refractivity contribution is 14.0. The predicted octanol–water partition coefficient (Wildman–Crippen LogP) is 3.57. The topological polar surface area (TPSA) is 56.7 Å². The average Bonchev–Trinajstić information content (AvgIpc) is 2.62. The van der Waals surface area contributed by atoms with Gasteiger partial charge in [-0.15, -0.1) is 24.0 Å². The molecule has 0 aromatic heterocycles. The van der Waals surface area contributed by atoms with Crippen molar-refractivity contribution in [1.29, 1.82) is 0 Å². The normalized spacial score (nSPS) is 18.7. The van der Waals surface area contributed by atoms with Crippen LogP contribution in [0.25, 0.3) is 0 Å². The molecule has 1 aromatic carbocycles. The summed E-state index contributed by atoms with van der Waals surface area (Å²) in [6.07, 6.45) is 2.83. The van der Waals surface area contributed by atoms with Crippen LogP contribution in [-0.4, -0.2) is 42.9 Å². The minimum absolute atomic E-state index is 0. The summed E-state index contributed by atoms with van der Waals surface area (Å²) in [6.45, 7) is 9.48. The summed E-state index contributed by atoms with van der Waals surface area (Å²) < 4.78 is 0. The Morgan fingerprint density at radius 1 is 1.35 bits per heavy atom. The van der Waals surface area contributed by atoms with Crippen molar-refractivity contribution in [2.75, 3.05) is 26.2 Å². The summed E-state index contributed by atoms with van der Waals surface area (Å²) in [5.74, 6) is 1.60. The van der Waals surface area contributed by atoms with Gasteiger partial charge in [0.05, 0.1) is 12.6 Å². The number of likely N-dealkylation sites (tertiary alicyclic amines) is 1. The summed E-state index contributed by atoms with van der Waals surface area (Å²) in [5.41, 5.74) is 1.21. The molecule has 1 fully saturated rings. The largest absolute Gasteiger partial charge is 0.357 e. The molecule has 1 heterocycles. The average molecular weight is 472 g/mol. The molecule has 2 unspecified atom stereocenters. The van der Waals surface area contributed by atoms with Crippen LogP contribution in [0.1, 0.15) is 51.6 Å². The van der Waals surface area contributed by atoms with Crippen LogP contribution in [0.4, 0.5) is 0 Å². The number of piperidine rings is 1. The van der Waals surface area contributed by atoms with E-state index < -0.39 is 0 Å². The lowest BCUT2D eigenvalue weighted by atomic mass is 10.00. The number of amides is 1. The number of nitrogens with zero attached hydrogens (tertiary/aromatic N) is 2. The van der Waals surface area contributed by atoms with Gasteiger partial charge in [0.15, 0.2) is 5.96 Å². The van der Waals surface area contributed by atoms with Gasteiger partial charge < -0.3 is 15.5 Å². The summed E-state index contributed by atoms with van der Waals surface area (Å²) in [7, 11) is 0. The predicted molar refractivity (Wildman–Crippen MR) is 119 cm³/mol. The van der Waals surface area contributed by atoms with Gasteiger partial charge in [0, 0.05) is 26.1 Å². The van der Waals surface area contributed by atoms with E-state index in [2.05, 4.69) is 41.6 Å². The molecule has 26 heavy (non-hydrogen) atoms. The van der Waals surface area contributed by atoms with Crippen LogP contribution in [0.5, 0.6) is 0 Å². The summed E-state index contributed by atoms with van der Waals surface area (Å²) in [4.78, 5) is 18.9. The number of nitrogens with one attached hydrogen (secondary N) is 2. The molecule has 0 aliphatic carbocycles. The zero-order valence-corrected chi connectivity index (χ0v) is 18.5. The van der Waals surface area contributed by atoms with Crippen LogP contribution in [-0.2, 0) is 4.79 Å². The third kappa shape index (κ3) is 7.51. The van der Waals surface area contributed by atoms with Gasteiger partial charge in [-0.25, -0.2) is 0 Å². The maximum atomic E-state index is 12.3. The van der Waals surface area contributed by atoms with Crippen molar-refractivity contribution in [1.82, 2.24) is 15.5 Å². The molecule has 1 aromatic rings. The molecule has 0 saturated carbocycles. The van der Waals surface area contributed by atoms with E-state index in [4.69, 9.17) is 0 Å². The zero-order valence-electron chi connectivity index (χ0n) is 16.2. The van der Waals surface area contributed by atoms with Gasteiger partial charge in [0.1, 0.15) is 0 Å².